The third kappa shape index (κ3) is 65.0. The summed E-state index contributed by atoms with van der Waals surface area (Å²) in [4.78, 5) is 38.2. The zero-order chi connectivity index (χ0) is 57.1. The summed E-state index contributed by atoms with van der Waals surface area (Å²) < 4.78 is 16.9. The number of rotatable bonds is 61. The summed E-state index contributed by atoms with van der Waals surface area (Å²) in [6, 6.07) is 0. The first kappa shape index (κ1) is 75.3. The summed E-state index contributed by atoms with van der Waals surface area (Å²) in [5, 5.41) is 0. The lowest BCUT2D eigenvalue weighted by Crippen LogP contribution is -2.30. The number of carbonyl (C=O) groups is 3. The fourth-order valence-electron chi connectivity index (χ4n) is 9.54. The van der Waals surface area contributed by atoms with E-state index in [1.807, 2.05) is 0 Å². The van der Waals surface area contributed by atoms with E-state index in [-0.39, 0.29) is 31.1 Å². The highest BCUT2D eigenvalue weighted by molar-refractivity contribution is 5.71. The number of allylic oxidation sites excluding steroid dienone is 16. The van der Waals surface area contributed by atoms with Crippen LogP contribution in [0.25, 0.3) is 0 Å². The van der Waals surface area contributed by atoms with Crippen molar-refractivity contribution in [2.24, 2.45) is 0 Å². The standard InChI is InChI=1S/C73H126O6/c1-4-7-10-13-16-19-21-23-25-27-29-31-32-33-34-35-36-37-38-39-40-42-43-45-47-49-51-54-57-60-63-66-72(75)78-69-70(68-77-71(74)65-62-59-56-53-18-15-12-9-6-3)79-73(76)67-64-61-58-55-52-50-48-46-44-41-30-28-26-24-22-20-17-14-11-8-5-2/h8,11,17,20-21,23-24,26-27,29-30,32-33,41,46,48,70H,4-7,9-10,12-16,18-19,22,25,28,31,34-40,42-45,47,49-69H2,1-3H3/b11-8-,20-17-,23-21-,26-24-,29-27-,33-32-,41-30-,48-46-. The molecular formula is C73H126O6. The Morgan fingerprint density at radius 1 is 0.266 bits per heavy atom. The van der Waals surface area contributed by atoms with Gasteiger partial charge in [0, 0.05) is 19.3 Å². The second-order valence-corrected chi connectivity index (χ2v) is 22.4. The average molecular weight is 1100 g/mol. The van der Waals surface area contributed by atoms with Crippen LogP contribution in [-0.2, 0) is 28.6 Å². The molecule has 79 heavy (non-hydrogen) atoms. The van der Waals surface area contributed by atoms with Crippen LogP contribution in [0.2, 0.25) is 0 Å². The quantitative estimate of drug-likeness (QED) is 0.0261. The molecule has 454 valence electrons. The third-order valence-corrected chi connectivity index (χ3v) is 14.6. The summed E-state index contributed by atoms with van der Waals surface area (Å²) in [6.45, 7) is 6.51. The zero-order valence-corrected chi connectivity index (χ0v) is 52.1. The third-order valence-electron chi connectivity index (χ3n) is 14.6. The minimum absolute atomic E-state index is 0.0827. The Morgan fingerprint density at radius 3 is 0.772 bits per heavy atom. The van der Waals surface area contributed by atoms with Gasteiger partial charge < -0.3 is 14.2 Å². The average Bonchev–Trinajstić information content (AvgIpc) is 3.45. The predicted octanol–water partition coefficient (Wildman–Crippen LogP) is 23.2. The largest absolute Gasteiger partial charge is 0.462 e. The van der Waals surface area contributed by atoms with Crippen LogP contribution in [0.3, 0.4) is 0 Å². The molecule has 0 saturated heterocycles. The molecule has 6 nitrogen and oxygen atoms in total. The van der Waals surface area contributed by atoms with E-state index in [9.17, 15) is 14.4 Å². The van der Waals surface area contributed by atoms with Crippen molar-refractivity contribution in [2.45, 2.75) is 335 Å². The van der Waals surface area contributed by atoms with Crippen molar-refractivity contribution in [1.82, 2.24) is 0 Å². The van der Waals surface area contributed by atoms with E-state index < -0.39 is 6.10 Å². The van der Waals surface area contributed by atoms with Crippen LogP contribution in [0.4, 0.5) is 0 Å². The van der Waals surface area contributed by atoms with Crippen molar-refractivity contribution in [2.75, 3.05) is 13.2 Å². The molecule has 0 aromatic carbocycles. The molecule has 0 N–H and O–H groups in total. The number of unbranched alkanes of at least 4 members (excludes halogenated alkanes) is 34. The molecule has 0 rings (SSSR count). The molecule has 0 aromatic heterocycles. The molecule has 0 heterocycles. The van der Waals surface area contributed by atoms with E-state index in [0.717, 1.165) is 122 Å². The molecule has 6 heteroatoms. The lowest BCUT2D eigenvalue weighted by Gasteiger charge is -2.18. The van der Waals surface area contributed by atoms with Gasteiger partial charge in [0.2, 0.25) is 0 Å². The summed E-state index contributed by atoms with van der Waals surface area (Å²) in [5.41, 5.74) is 0. The molecule has 1 atom stereocenters. The van der Waals surface area contributed by atoms with Gasteiger partial charge in [-0.15, -0.1) is 0 Å². The molecular weight excluding hydrogens is 973 g/mol. The van der Waals surface area contributed by atoms with Crippen LogP contribution >= 0.6 is 0 Å². The van der Waals surface area contributed by atoms with Gasteiger partial charge in [0.1, 0.15) is 13.2 Å². The highest BCUT2D eigenvalue weighted by atomic mass is 16.6. The van der Waals surface area contributed by atoms with Gasteiger partial charge in [0.25, 0.3) is 0 Å². The molecule has 0 spiro atoms. The number of esters is 3. The minimum atomic E-state index is -0.787. The van der Waals surface area contributed by atoms with Crippen LogP contribution in [-0.4, -0.2) is 37.2 Å². The first-order chi connectivity index (χ1) is 39.0. The maximum Gasteiger partial charge on any atom is 0.306 e. The molecule has 0 aliphatic carbocycles. The fourth-order valence-corrected chi connectivity index (χ4v) is 9.54. The molecule has 0 fully saturated rings. The van der Waals surface area contributed by atoms with Crippen molar-refractivity contribution in [1.29, 1.82) is 0 Å². The van der Waals surface area contributed by atoms with E-state index in [4.69, 9.17) is 14.2 Å². The van der Waals surface area contributed by atoms with E-state index in [0.29, 0.717) is 19.3 Å². The Bertz CT molecular complexity index is 1540. The first-order valence-corrected chi connectivity index (χ1v) is 33.7. The summed E-state index contributed by atoms with van der Waals surface area (Å²) in [7, 11) is 0. The topological polar surface area (TPSA) is 78.9 Å². The van der Waals surface area contributed by atoms with Gasteiger partial charge in [0.05, 0.1) is 0 Å². The van der Waals surface area contributed by atoms with E-state index in [1.165, 1.54) is 167 Å². The Kier molecular flexibility index (Phi) is 63.7. The van der Waals surface area contributed by atoms with Crippen LogP contribution < -0.4 is 0 Å². The van der Waals surface area contributed by atoms with Gasteiger partial charge in [-0.1, -0.05) is 304 Å². The lowest BCUT2D eigenvalue weighted by molar-refractivity contribution is -0.167. The highest BCUT2D eigenvalue weighted by Gasteiger charge is 2.19. The van der Waals surface area contributed by atoms with Gasteiger partial charge in [-0.05, 0) is 103 Å². The number of hydrogen-bond acceptors (Lipinski definition) is 6. The Hall–Kier alpha value is -3.67. The predicted molar refractivity (Wildman–Crippen MR) is 344 cm³/mol. The number of ether oxygens (including phenoxy) is 3. The van der Waals surface area contributed by atoms with E-state index >= 15 is 0 Å². The van der Waals surface area contributed by atoms with E-state index in [2.05, 4.69) is 118 Å². The van der Waals surface area contributed by atoms with Gasteiger partial charge in [0.15, 0.2) is 6.10 Å². The lowest BCUT2D eigenvalue weighted by atomic mass is 10.0. The molecule has 0 bridgehead atoms. The summed E-state index contributed by atoms with van der Waals surface area (Å²) in [6.07, 6.45) is 90.1. The van der Waals surface area contributed by atoms with E-state index in [1.54, 1.807) is 0 Å². The first-order valence-electron chi connectivity index (χ1n) is 33.7. The molecule has 0 aromatic rings. The van der Waals surface area contributed by atoms with Crippen molar-refractivity contribution in [3.63, 3.8) is 0 Å². The number of carbonyl (C=O) groups excluding carboxylic acids is 3. The van der Waals surface area contributed by atoms with Gasteiger partial charge >= 0.3 is 17.9 Å². The Balaban J connectivity index is 4.16. The molecule has 0 amide bonds. The normalized spacial score (nSPS) is 12.7. The second kappa shape index (κ2) is 66.8. The van der Waals surface area contributed by atoms with Gasteiger partial charge in [-0.3, -0.25) is 14.4 Å². The maximum atomic E-state index is 12.9. The van der Waals surface area contributed by atoms with Crippen LogP contribution in [0.15, 0.2) is 97.2 Å². The monoisotopic (exact) mass is 1100 g/mol. The summed E-state index contributed by atoms with van der Waals surface area (Å²) >= 11 is 0. The highest BCUT2D eigenvalue weighted by Crippen LogP contribution is 2.17. The smallest absolute Gasteiger partial charge is 0.306 e. The SMILES string of the molecule is CC/C=C\C/C=C\C/C=C\C/C=C\C/C=C\CCCCCCCC(=O)OC(COC(=O)CCCCCCCCCCC)COC(=O)CCCCCCCCCCCCCCCCCC/C=C\C/C=C\C/C=C\CCCCCCC. The van der Waals surface area contributed by atoms with Crippen molar-refractivity contribution >= 4 is 17.9 Å². The summed E-state index contributed by atoms with van der Waals surface area (Å²) in [5.74, 6) is -0.893. The van der Waals surface area contributed by atoms with Crippen molar-refractivity contribution < 1.29 is 28.6 Å². The molecule has 0 saturated carbocycles. The van der Waals surface area contributed by atoms with Crippen molar-refractivity contribution in [3.8, 4) is 0 Å². The van der Waals surface area contributed by atoms with Gasteiger partial charge in [-0.25, -0.2) is 0 Å². The van der Waals surface area contributed by atoms with Crippen LogP contribution in [0.1, 0.15) is 329 Å². The molecule has 0 radical (unpaired) electrons. The Morgan fingerprint density at radius 2 is 0.494 bits per heavy atom. The number of hydrogen-bond donors (Lipinski definition) is 0. The van der Waals surface area contributed by atoms with Crippen molar-refractivity contribution in [3.05, 3.63) is 97.2 Å². The van der Waals surface area contributed by atoms with Gasteiger partial charge in [-0.2, -0.15) is 0 Å². The zero-order valence-electron chi connectivity index (χ0n) is 52.1. The Labute approximate surface area is 489 Å². The molecule has 0 aliphatic heterocycles. The minimum Gasteiger partial charge on any atom is -0.462 e. The second-order valence-electron chi connectivity index (χ2n) is 22.4. The maximum absolute atomic E-state index is 12.9. The van der Waals surface area contributed by atoms with Crippen LogP contribution in [0, 0.1) is 0 Å². The van der Waals surface area contributed by atoms with Crippen LogP contribution in [0.5, 0.6) is 0 Å². The fraction of sp³-hybridized carbons (Fsp3) is 0.740. The molecule has 1 unspecified atom stereocenters. The molecule has 0 aliphatic rings.